The zero-order valence-corrected chi connectivity index (χ0v) is 7.05. The molecule has 2 fully saturated rings. The molecule has 2 unspecified atom stereocenters. The van der Waals surface area contributed by atoms with E-state index in [1.54, 1.807) is 0 Å². The smallest absolute Gasteiger partial charge is 0.0164 e. The van der Waals surface area contributed by atoms with Crippen molar-refractivity contribution in [3.8, 4) is 0 Å². The molecule has 1 N–H and O–H groups in total. The van der Waals surface area contributed by atoms with Gasteiger partial charge in [0, 0.05) is 13.1 Å². The van der Waals surface area contributed by atoms with Crippen LogP contribution < -0.4 is 10.6 Å². The van der Waals surface area contributed by atoms with E-state index in [-0.39, 0.29) is 0 Å². The highest BCUT2D eigenvalue weighted by Crippen LogP contribution is 2.26. The monoisotopic (exact) mass is 153 g/mol. The lowest BCUT2D eigenvalue weighted by Gasteiger charge is -2.28. The minimum Gasteiger partial charge on any atom is -0.317 e. The van der Waals surface area contributed by atoms with Gasteiger partial charge in [0.2, 0.25) is 0 Å². The summed E-state index contributed by atoms with van der Waals surface area (Å²) in [6.07, 6.45) is 4.10. The standard InChI is InChI=1S/C9H17N2/c1-4-10-5-3-9-7-11-6-2-8(1)9/h8-10H,1-7H2. The van der Waals surface area contributed by atoms with Crippen molar-refractivity contribution in [2.75, 3.05) is 26.2 Å². The molecule has 2 rings (SSSR count). The highest BCUT2D eigenvalue weighted by molar-refractivity contribution is 4.81. The van der Waals surface area contributed by atoms with Gasteiger partial charge in [-0.3, -0.25) is 0 Å². The topological polar surface area (TPSA) is 26.1 Å². The van der Waals surface area contributed by atoms with Gasteiger partial charge in [0.15, 0.2) is 0 Å². The van der Waals surface area contributed by atoms with Crippen molar-refractivity contribution in [3.63, 3.8) is 0 Å². The molecular formula is C9H17N2. The van der Waals surface area contributed by atoms with Gasteiger partial charge in [-0.2, -0.15) is 0 Å². The van der Waals surface area contributed by atoms with E-state index in [1.165, 1.54) is 32.4 Å². The van der Waals surface area contributed by atoms with Crippen LogP contribution in [0.2, 0.25) is 0 Å². The summed E-state index contributed by atoms with van der Waals surface area (Å²) < 4.78 is 0. The predicted octanol–water partition coefficient (Wildman–Crippen LogP) is 0.610. The molecule has 2 atom stereocenters. The van der Waals surface area contributed by atoms with Crippen LogP contribution >= 0.6 is 0 Å². The average Bonchev–Trinajstić information content (AvgIpc) is 2.28. The molecule has 0 spiro atoms. The van der Waals surface area contributed by atoms with Crippen LogP contribution in [-0.2, 0) is 0 Å². The first kappa shape index (κ1) is 7.56. The highest BCUT2D eigenvalue weighted by Gasteiger charge is 2.26. The zero-order valence-electron chi connectivity index (χ0n) is 7.05. The Bertz CT molecular complexity index is 111. The van der Waals surface area contributed by atoms with E-state index in [4.69, 9.17) is 0 Å². The number of nitrogens with zero attached hydrogens (tertiary/aromatic N) is 1. The van der Waals surface area contributed by atoms with Gasteiger partial charge in [-0.05, 0) is 44.2 Å². The largest absolute Gasteiger partial charge is 0.317 e. The van der Waals surface area contributed by atoms with Crippen molar-refractivity contribution in [3.05, 3.63) is 0 Å². The Hall–Kier alpha value is -0.0800. The number of nitrogens with one attached hydrogen (secondary N) is 1. The van der Waals surface area contributed by atoms with Crippen LogP contribution in [0.1, 0.15) is 19.3 Å². The van der Waals surface area contributed by atoms with Crippen molar-refractivity contribution >= 4 is 0 Å². The molecule has 11 heavy (non-hydrogen) atoms. The molecule has 0 aromatic rings. The molecular weight excluding hydrogens is 136 g/mol. The van der Waals surface area contributed by atoms with Crippen LogP contribution in [0, 0.1) is 11.8 Å². The average molecular weight is 153 g/mol. The van der Waals surface area contributed by atoms with Crippen molar-refractivity contribution in [1.29, 1.82) is 0 Å². The Morgan fingerprint density at radius 2 is 1.82 bits per heavy atom. The van der Waals surface area contributed by atoms with Gasteiger partial charge in [-0.25, -0.2) is 5.32 Å². The number of rotatable bonds is 0. The predicted molar refractivity (Wildman–Crippen MR) is 45.6 cm³/mol. The van der Waals surface area contributed by atoms with Crippen molar-refractivity contribution in [1.82, 2.24) is 10.6 Å². The van der Waals surface area contributed by atoms with Gasteiger partial charge in [-0.15, -0.1) is 0 Å². The summed E-state index contributed by atoms with van der Waals surface area (Å²) in [5.74, 6) is 1.90. The van der Waals surface area contributed by atoms with Crippen LogP contribution in [0.25, 0.3) is 0 Å². The number of hydrogen-bond acceptors (Lipinski definition) is 1. The van der Waals surface area contributed by atoms with Gasteiger partial charge in [0.25, 0.3) is 0 Å². The molecule has 2 nitrogen and oxygen atoms in total. The van der Waals surface area contributed by atoms with E-state index in [0.29, 0.717) is 0 Å². The summed E-state index contributed by atoms with van der Waals surface area (Å²) in [5.41, 5.74) is 0. The van der Waals surface area contributed by atoms with Crippen LogP contribution in [-0.4, -0.2) is 26.2 Å². The van der Waals surface area contributed by atoms with Gasteiger partial charge in [-0.1, -0.05) is 0 Å². The fourth-order valence-corrected chi connectivity index (χ4v) is 2.31. The first-order chi connectivity index (χ1) is 5.47. The molecule has 0 amide bonds. The Kier molecular flexibility index (Phi) is 2.44. The number of hydrogen-bond donors (Lipinski definition) is 1. The summed E-state index contributed by atoms with van der Waals surface area (Å²) >= 11 is 0. The van der Waals surface area contributed by atoms with Gasteiger partial charge >= 0.3 is 0 Å². The Balaban J connectivity index is 1.93. The van der Waals surface area contributed by atoms with Gasteiger partial charge in [0.05, 0.1) is 0 Å². The normalized spacial score (nSPS) is 39.3. The molecule has 2 saturated heterocycles. The van der Waals surface area contributed by atoms with Crippen LogP contribution in [0.4, 0.5) is 0 Å². The third kappa shape index (κ3) is 1.74. The molecule has 0 saturated carbocycles. The lowest BCUT2D eigenvalue weighted by molar-refractivity contribution is 0.244. The molecule has 2 heterocycles. The van der Waals surface area contributed by atoms with Crippen LogP contribution in [0.3, 0.4) is 0 Å². The molecule has 0 aromatic heterocycles. The first-order valence-corrected chi connectivity index (χ1v) is 4.81. The van der Waals surface area contributed by atoms with E-state index in [9.17, 15) is 0 Å². The third-order valence-corrected chi connectivity index (χ3v) is 3.07. The molecule has 2 aliphatic rings. The van der Waals surface area contributed by atoms with Gasteiger partial charge in [0.1, 0.15) is 0 Å². The fourth-order valence-electron chi connectivity index (χ4n) is 2.31. The summed E-state index contributed by atoms with van der Waals surface area (Å²) in [6, 6.07) is 0. The van der Waals surface area contributed by atoms with E-state index < -0.39 is 0 Å². The zero-order chi connectivity index (χ0) is 7.52. The summed E-state index contributed by atoms with van der Waals surface area (Å²) in [5, 5.41) is 7.94. The summed E-state index contributed by atoms with van der Waals surface area (Å²) in [7, 11) is 0. The van der Waals surface area contributed by atoms with Crippen molar-refractivity contribution in [2.45, 2.75) is 19.3 Å². The minimum atomic E-state index is 0.916. The summed E-state index contributed by atoms with van der Waals surface area (Å²) in [6.45, 7) is 4.73. The summed E-state index contributed by atoms with van der Waals surface area (Å²) in [4.78, 5) is 0. The van der Waals surface area contributed by atoms with Gasteiger partial charge < -0.3 is 5.32 Å². The van der Waals surface area contributed by atoms with E-state index >= 15 is 0 Å². The van der Waals surface area contributed by atoms with E-state index in [1.807, 2.05) is 0 Å². The highest BCUT2D eigenvalue weighted by atomic mass is 14.9. The molecule has 0 aromatic carbocycles. The number of fused-ring (bicyclic) bond motifs is 1. The van der Waals surface area contributed by atoms with Crippen molar-refractivity contribution in [2.24, 2.45) is 11.8 Å². The lowest BCUT2D eigenvalue weighted by atomic mass is 9.83. The molecule has 0 bridgehead atoms. The van der Waals surface area contributed by atoms with Crippen LogP contribution in [0.15, 0.2) is 0 Å². The molecule has 0 aliphatic carbocycles. The fraction of sp³-hybridized carbons (Fsp3) is 1.00. The maximum absolute atomic E-state index is 4.48. The Morgan fingerprint density at radius 1 is 1.00 bits per heavy atom. The SMILES string of the molecule is C1CC2CCNCCC2C[N]1. The quantitative estimate of drug-likeness (QED) is 0.542. The van der Waals surface area contributed by atoms with Crippen LogP contribution in [0.5, 0.6) is 0 Å². The van der Waals surface area contributed by atoms with E-state index in [2.05, 4.69) is 10.6 Å². The number of piperidine rings is 1. The second-order valence-electron chi connectivity index (χ2n) is 3.77. The second-order valence-corrected chi connectivity index (χ2v) is 3.77. The third-order valence-electron chi connectivity index (χ3n) is 3.07. The molecule has 63 valence electrons. The molecule has 2 aliphatic heterocycles. The molecule has 1 radical (unpaired) electrons. The minimum absolute atomic E-state index is 0.916. The lowest BCUT2D eigenvalue weighted by Crippen LogP contribution is -2.32. The Morgan fingerprint density at radius 3 is 2.73 bits per heavy atom. The van der Waals surface area contributed by atoms with Crippen molar-refractivity contribution < 1.29 is 0 Å². The Labute approximate surface area is 68.7 Å². The second kappa shape index (κ2) is 3.55. The molecule has 2 heteroatoms. The maximum atomic E-state index is 4.48. The first-order valence-electron chi connectivity index (χ1n) is 4.81. The maximum Gasteiger partial charge on any atom is 0.0164 e. The van der Waals surface area contributed by atoms with E-state index in [0.717, 1.165) is 24.9 Å².